The van der Waals surface area contributed by atoms with E-state index in [2.05, 4.69) is 5.32 Å². The van der Waals surface area contributed by atoms with Gasteiger partial charge in [-0.3, -0.25) is 19.2 Å². The number of likely N-dealkylation sites (tertiary alicyclic amines) is 1. The summed E-state index contributed by atoms with van der Waals surface area (Å²) in [7, 11) is 2.81. The summed E-state index contributed by atoms with van der Waals surface area (Å²) in [5, 5.41) is 3.74. The Balaban J connectivity index is 2.06. The normalized spacial score (nSPS) is 17.6. The molecule has 0 saturated carbocycles. The third kappa shape index (κ3) is 5.50. The quantitative estimate of drug-likeness (QED) is 0.664. The highest BCUT2D eigenvalue weighted by Crippen LogP contribution is 2.25. The van der Waals surface area contributed by atoms with Gasteiger partial charge in [-0.2, -0.15) is 0 Å². The van der Waals surface area contributed by atoms with Crippen LogP contribution in [0.5, 0.6) is 0 Å². The van der Waals surface area contributed by atoms with E-state index in [1.165, 1.54) is 31.2 Å². The predicted molar refractivity (Wildman–Crippen MR) is 101 cm³/mol. The lowest BCUT2D eigenvalue weighted by Crippen LogP contribution is -2.51. The first-order valence-electron chi connectivity index (χ1n) is 9.49. The molecule has 1 saturated heterocycles. The number of hydrogen-bond acceptors (Lipinski definition) is 4. The highest BCUT2D eigenvalue weighted by Gasteiger charge is 2.34. The third-order valence-corrected chi connectivity index (χ3v) is 5.08. The smallest absolute Gasteiger partial charge is 0.268 e. The summed E-state index contributed by atoms with van der Waals surface area (Å²) < 4.78 is 27.4. The first kappa shape index (κ1) is 22.7. The van der Waals surface area contributed by atoms with Crippen molar-refractivity contribution >= 4 is 17.7 Å². The van der Waals surface area contributed by atoms with Crippen LogP contribution in [0.2, 0.25) is 0 Å². The van der Waals surface area contributed by atoms with Crippen molar-refractivity contribution in [2.75, 3.05) is 14.2 Å². The highest BCUT2D eigenvalue weighted by atomic mass is 19.2. The number of nitrogens with zero attached hydrogens (tertiary/aromatic N) is 2. The van der Waals surface area contributed by atoms with Gasteiger partial charge in [0.25, 0.3) is 5.91 Å². The van der Waals surface area contributed by atoms with E-state index in [0.29, 0.717) is 6.42 Å². The molecule has 0 unspecified atom stereocenters. The van der Waals surface area contributed by atoms with Crippen LogP contribution < -0.4 is 5.32 Å². The molecule has 1 fully saturated rings. The molecule has 0 bridgehead atoms. The summed E-state index contributed by atoms with van der Waals surface area (Å²) >= 11 is 0. The van der Waals surface area contributed by atoms with Crippen molar-refractivity contribution < 1.29 is 28.0 Å². The lowest BCUT2D eigenvalue weighted by molar-refractivity contribution is -0.172. The SMILES string of the molecule is CON(C)C(=O)[C@@H](NC(=O)C[C@@H]1CCC(=O)N1Cc1cccc(F)c1F)C(C)C. The van der Waals surface area contributed by atoms with Crippen LogP contribution in [0.15, 0.2) is 18.2 Å². The van der Waals surface area contributed by atoms with Crippen molar-refractivity contribution in [1.29, 1.82) is 0 Å². The van der Waals surface area contributed by atoms with E-state index < -0.39 is 35.5 Å². The van der Waals surface area contributed by atoms with Gasteiger partial charge >= 0.3 is 0 Å². The maximum Gasteiger partial charge on any atom is 0.268 e. The Labute approximate surface area is 168 Å². The fourth-order valence-electron chi connectivity index (χ4n) is 3.32. The fraction of sp³-hybridized carbons (Fsp3) is 0.550. The Kier molecular flexibility index (Phi) is 7.66. The monoisotopic (exact) mass is 411 g/mol. The number of hydroxylamine groups is 2. The molecule has 1 heterocycles. The van der Waals surface area contributed by atoms with E-state index in [1.54, 1.807) is 13.8 Å². The summed E-state index contributed by atoms with van der Waals surface area (Å²) in [6, 6.07) is 2.57. The van der Waals surface area contributed by atoms with Crippen molar-refractivity contribution in [2.24, 2.45) is 5.92 Å². The largest absolute Gasteiger partial charge is 0.344 e. The van der Waals surface area contributed by atoms with Crippen molar-refractivity contribution in [3.63, 3.8) is 0 Å². The number of carbonyl (C=O) groups is 3. The molecule has 9 heteroatoms. The van der Waals surface area contributed by atoms with Crippen LogP contribution >= 0.6 is 0 Å². The highest BCUT2D eigenvalue weighted by molar-refractivity contribution is 5.88. The molecule has 2 atom stereocenters. The van der Waals surface area contributed by atoms with Crippen LogP contribution in [-0.2, 0) is 25.8 Å². The molecule has 0 aromatic heterocycles. The van der Waals surface area contributed by atoms with Gasteiger partial charge in [-0.1, -0.05) is 26.0 Å². The number of hydrogen-bond donors (Lipinski definition) is 1. The molecule has 0 radical (unpaired) electrons. The zero-order valence-electron chi connectivity index (χ0n) is 17.1. The summed E-state index contributed by atoms with van der Waals surface area (Å²) in [6.07, 6.45) is 0.630. The van der Waals surface area contributed by atoms with Gasteiger partial charge in [0, 0.05) is 38.0 Å². The molecular formula is C20H27F2N3O4. The van der Waals surface area contributed by atoms with Gasteiger partial charge in [-0.15, -0.1) is 0 Å². The number of halogens is 2. The zero-order chi connectivity index (χ0) is 21.7. The molecule has 1 aromatic carbocycles. The second-order valence-corrected chi connectivity index (χ2v) is 7.44. The summed E-state index contributed by atoms with van der Waals surface area (Å²) in [6.45, 7) is 3.48. The Morgan fingerprint density at radius 1 is 1.34 bits per heavy atom. The van der Waals surface area contributed by atoms with Crippen LogP contribution in [0.4, 0.5) is 8.78 Å². The maximum absolute atomic E-state index is 14.0. The Morgan fingerprint density at radius 2 is 2.03 bits per heavy atom. The van der Waals surface area contributed by atoms with Gasteiger partial charge in [0.05, 0.1) is 7.11 Å². The molecular weight excluding hydrogens is 384 g/mol. The van der Waals surface area contributed by atoms with Crippen molar-refractivity contribution in [1.82, 2.24) is 15.3 Å². The van der Waals surface area contributed by atoms with E-state index in [-0.39, 0.29) is 36.8 Å². The summed E-state index contributed by atoms with van der Waals surface area (Å²) in [4.78, 5) is 43.4. The van der Waals surface area contributed by atoms with Crippen LogP contribution in [0, 0.1) is 17.6 Å². The van der Waals surface area contributed by atoms with Gasteiger partial charge in [0.1, 0.15) is 6.04 Å². The topological polar surface area (TPSA) is 79.0 Å². The number of rotatable bonds is 8. The van der Waals surface area contributed by atoms with E-state index in [0.717, 1.165) is 11.1 Å². The molecule has 7 nitrogen and oxygen atoms in total. The van der Waals surface area contributed by atoms with Gasteiger partial charge in [-0.25, -0.2) is 13.8 Å². The molecule has 1 N–H and O–H groups in total. The van der Waals surface area contributed by atoms with Crippen LogP contribution in [0.25, 0.3) is 0 Å². The maximum atomic E-state index is 14.0. The fourth-order valence-corrected chi connectivity index (χ4v) is 3.32. The second-order valence-electron chi connectivity index (χ2n) is 7.44. The molecule has 29 heavy (non-hydrogen) atoms. The van der Waals surface area contributed by atoms with Gasteiger partial charge in [0.15, 0.2) is 11.6 Å². The number of carbonyl (C=O) groups excluding carboxylic acids is 3. The third-order valence-electron chi connectivity index (χ3n) is 5.08. The zero-order valence-corrected chi connectivity index (χ0v) is 17.1. The van der Waals surface area contributed by atoms with Gasteiger partial charge in [-0.05, 0) is 18.4 Å². The Bertz CT molecular complexity index is 772. The van der Waals surface area contributed by atoms with Crippen molar-refractivity contribution in [3.8, 4) is 0 Å². The van der Waals surface area contributed by atoms with E-state index in [4.69, 9.17) is 4.84 Å². The minimum Gasteiger partial charge on any atom is -0.344 e. The first-order chi connectivity index (χ1) is 13.6. The summed E-state index contributed by atoms with van der Waals surface area (Å²) in [5.74, 6) is -3.16. The molecule has 2 rings (SSSR count). The van der Waals surface area contributed by atoms with E-state index in [9.17, 15) is 23.2 Å². The minimum atomic E-state index is -0.997. The lowest BCUT2D eigenvalue weighted by atomic mass is 10.0. The number of amides is 3. The lowest BCUT2D eigenvalue weighted by Gasteiger charge is -2.28. The number of nitrogens with one attached hydrogen (secondary N) is 1. The van der Waals surface area contributed by atoms with Crippen LogP contribution in [-0.4, -0.2) is 53.9 Å². The molecule has 0 spiro atoms. The standard InChI is InChI=1S/C20H27F2N3O4/c1-12(2)19(20(28)24(3)29-4)23-16(26)10-14-8-9-17(27)25(14)11-13-6-5-7-15(21)18(13)22/h5-7,12,14,19H,8-11H2,1-4H3,(H,23,26)/t14-,19-/m0/s1. The molecule has 3 amide bonds. The molecule has 1 aliphatic rings. The summed E-state index contributed by atoms with van der Waals surface area (Å²) in [5.41, 5.74) is 0.0580. The number of benzene rings is 1. The number of likely N-dealkylation sites (N-methyl/N-ethyl adjacent to an activating group) is 1. The molecule has 1 aliphatic heterocycles. The Hall–Kier alpha value is -2.55. The van der Waals surface area contributed by atoms with Crippen LogP contribution in [0.1, 0.15) is 38.7 Å². The van der Waals surface area contributed by atoms with E-state index in [1.807, 2.05) is 0 Å². The van der Waals surface area contributed by atoms with E-state index >= 15 is 0 Å². The predicted octanol–water partition coefficient (Wildman–Crippen LogP) is 2.01. The molecule has 160 valence electrons. The van der Waals surface area contributed by atoms with Crippen molar-refractivity contribution in [2.45, 2.75) is 51.7 Å². The average molecular weight is 411 g/mol. The van der Waals surface area contributed by atoms with Gasteiger partial charge < -0.3 is 10.2 Å². The first-order valence-corrected chi connectivity index (χ1v) is 9.49. The average Bonchev–Trinajstić information content (AvgIpc) is 3.01. The van der Waals surface area contributed by atoms with Gasteiger partial charge in [0.2, 0.25) is 11.8 Å². The minimum absolute atomic E-state index is 0.0319. The van der Waals surface area contributed by atoms with Crippen LogP contribution in [0.3, 0.4) is 0 Å². The Morgan fingerprint density at radius 3 is 2.66 bits per heavy atom. The second kappa shape index (κ2) is 9.78. The van der Waals surface area contributed by atoms with Crippen molar-refractivity contribution in [3.05, 3.63) is 35.4 Å². The molecule has 1 aromatic rings. The molecule has 0 aliphatic carbocycles.